The van der Waals surface area contributed by atoms with Crippen LogP contribution in [0.5, 0.6) is 5.75 Å². The van der Waals surface area contributed by atoms with Crippen LogP contribution in [0.15, 0.2) is 24.3 Å². The summed E-state index contributed by atoms with van der Waals surface area (Å²) in [5.74, 6) is 0.969. The Morgan fingerprint density at radius 1 is 1.10 bits per heavy atom. The molecular formula is C15H26Cl2N2O. The molecule has 0 radical (unpaired) electrons. The largest absolute Gasteiger partial charge is 0.494 e. The van der Waals surface area contributed by atoms with Gasteiger partial charge in [0.1, 0.15) is 5.75 Å². The van der Waals surface area contributed by atoms with E-state index in [4.69, 9.17) is 4.74 Å². The van der Waals surface area contributed by atoms with Crippen molar-refractivity contribution in [2.75, 3.05) is 32.8 Å². The Labute approximate surface area is 134 Å². The zero-order valence-electron chi connectivity index (χ0n) is 12.3. The molecule has 1 aliphatic heterocycles. The normalized spacial score (nSPS) is 16.7. The molecule has 0 unspecified atom stereocenters. The van der Waals surface area contributed by atoms with Gasteiger partial charge in [0.2, 0.25) is 0 Å². The smallest absolute Gasteiger partial charge is 0.119 e. The van der Waals surface area contributed by atoms with E-state index in [0.717, 1.165) is 45.0 Å². The van der Waals surface area contributed by atoms with Crippen molar-refractivity contribution in [3.8, 4) is 5.75 Å². The topological polar surface area (TPSA) is 24.5 Å². The monoisotopic (exact) mass is 320 g/mol. The second-order valence-corrected chi connectivity index (χ2v) is 4.71. The molecule has 1 fully saturated rings. The maximum Gasteiger partial charge on any atom is 0.119 e. The summed E-state index contributed by atoms with van der Waals surface area (Å²) in [6, 6.07) is 9.14. The van der Waals surface area contributed by atoms with Crippen LogP contribution >= 0.6 is 24.8 Å². The lowest BCUT2D eigenvalue weighted by molar-refractivity contribution is 0.169. The van der Waals surface area contributed by atoms with Crippen LogP contribution in [0.2, 0.25) is 0 Å². The maximum absolute atomic E-state index is 5.50. The van der Waals surface area contributed by atoms with E-state index in [-0.39, 0.29) is 24.8 Å². The Bertz CT molecular complexity index is 353. The number of benzene rings is 1. The molecule has 0 aromatic heterocycles. The quantitative estimate of drug-likeness (QED) is 0.901. The van der Waals surface area contributed by atoms with Crippen LogP contribution < -0.4 is 10.1 Å². The third-order valence-corrected chi connectivity index (χ3v) is 3.55. The van der Waals surface area contributed by atoms with Gasteiger partial charge in [-0.3, -0.25) is 4.90 Å². The average molecular weight is 321 g/mol. The molecule has 1 heterocycles. The second-order valence-electron chi connectivity index (χ2n) is 4.71. The van der Waals surface area contributed by atoms with Crippen LogP contribution in [-0.2, 0) is 0 Å². The summed E-state index contributed by atoms with van der Waals surface area (Å²) in [4.78, 5) is 2.58. The molecule has 116 valence electrons. The Morgan fingerprint density at radius 2 is 1.70 bits per heavy atom. The van der Waals surface area contributed by atoms with Gasteiger partial charge in [0.25, 0.3) is 0 Å². The zero-order chi connectivity index (χ0) is 12.8. The van der Waals surface area contributed by atoms with Gasteiger partial charge in [-0.15, -0.1) is 24.8 Å². The first-order valence-electron chi connectivity index (χ1n) is 7.02. The number of nitrogens with zero attached hydrogens (tertiary/aromatic N) is 1. The van der Waals surface area contributed by atoms with E-state index in [1.54, 1.807) is 0 Å². The fourth-order valence-electron chi connectivity index (χ4n) is 2.65. The first-order valence-corrected chi connectivity index (χ1v) is 7.02. The highest BCUT2D eigenvalue weighted by atomic mass is 35.5. The van der Waals surface area contributed by atoms with E-state index >= 15 is 0 Å². The van der Waals surface area contributed by atoms with Gasteiger partial charge in [-0.1, -0.05) is 19.1 Å². The summed E-state index contributed by atoms with van der Waals surface area (Å²) in [5.41, 5.74) is 1.41. The first kappa shape index (κ1) is 19.5. The minimum absolute atomic E-state index is 0. The molecule has 1 atom stereocenters. The number of hydrogen-bond acceptors (Lipinski definition) is 3. The van der Waals surface area contributed by atoms with Crippen molar-refractivity contribution in [3.63, 3.8) is 0 Å². The van der Waals surface area contributed by atoms with Crippen LogP contribution in [-0.4, -0.2) is 37.7 Å². The first-order chi connectivity index (χ1) is 8.85. The maximum atomic E-state index is 5.50. The summed E-state index contributed by atoms with van der Waals surface area (Å²) in [5, 5.41) is 3.41. The number of ether oxygens (including phenoxy) is 1. The number of halogens is 2. The number of nitrogens with one attached hydrogen (secondary N) is 1. The van der Waals surface area contributed by atoms with Gasteiger partial charge in [-0.05, 0) is 31.0 Å². The number of rotatable bonds is 5. The molecule has 3 nitrogen and oxygen atoms in total. The van der Waals surface area contributed by atoms with E-state index in [1.807, 2.05) is 6.92 Å². The highest BCUT2D eigenvalue weighted by Crippen LogP contribution is 2.26. The van der Waals surface area contributed by atoms with Gasteiger partial charge in [-0.2, -0.15) is 0 Å². The second kappa shape index (κ2) is 10.3. The summed E-state index contributed by atoms with van der Waals surface area (Å²) in [7, 11) is 0. The fourth-order valence-corrected chi connectivity index (χ4v) is 2.65. The van der Waals surface area contributed by atoms with Crippen LogP contribution in [0.1, 0.15) is 31.9 Å². The highest BCUT2D eigenvalue weighted by molar-refractivity contribution is 5.85. The molecule has 0 saturated carbocycles. The van der Waals surface area contributed by atoms with Gasteiger partial charge in [0.15, 0.2) is 0 Å². The van der Waals surface area contributed by atoms with Crippen LogP contribution in [0.4, 0.5) is 0 Å². The minimum atomic E-state index is 0. The van der Waals surface area contributed by atoms with E-state index in [2.05, 4.69) is 41.4 Å². The lowest BCUT2D eigenvalue weighted by Gasteiger charge is -2.34. The molecule has 20 heavy (non-hydrogen) atoms. The molecule has 1 aromatic carbocycles. The van der Waals surface area contributed by atoms with Gasteiger partial charge in [0, 0.05) is 32.2 Å². The molecule has 1 saturated heterocycles. The van der Waals surface area contributed by atoms with E-state index in [0.29, 0.717) is 6.04 Å². The Balaban J connectivity index is 0.00000180. The third kappa shape index (κ3) is 5.13. The lowest BCUT2D eigenvalue weighted by atomic mass is 10.0. The molecule has 0 amide bonds. The lowest BCUT2D eigenvalue weighted by Crippen LogP contribution is -2.45. The molecule has 2 rings (SSSR count). The molecule has 0 spiro atoms. The van der Waals surface area contributed by atoms with Gasteiger partial charge < -0.3 is 10.1 Å². The predicted octanol–water partition coefficient (Wildman–Crippen LogP) is 3.29. The minimum Gasteiger partial charge on any atom is -0.494 e. The molecule has 0 aliphatic carbocycles. The summed E-state index contributed by atoms with van der Waals surface area (Å²) in [6.07, 6.45) is 1.16. The van der Waals surface area contributed by atoms with Crippen LogP contribution in [0, 0.1) is 0 Å². The SMILES string of the molecule is CCOc1ccc([C@@H](CC)N2CCNCC2)cc1.Cl.Cl. The van der Waals surface area contributed by atoms with E-state index < -0.39 is 0 Å². The molecular weight excluding hydrogens is 295 g/mol. The molecule has 1 N–H and O–H groups in total. The standard InChI is InChI=1S/C15H24N2O.2ClH/c1-3-15(17-11-9-16-10-12-17)13-5-7-14(8-6-13)18-4-2;;/h5-8,15-16H,3-4,9-12H2,1-2H3;2*1H/t15-;;/m1../s1. The van der Waals surface area contributed by atoms with Gasteiger partial charge in [0.05, 0.1) is 6.61 Å². The average Bonchev–Trinajstić information content (AvgIpc) is 2.43. The van der Waals surface area contributed by atoms with E-state index in [1.165, 1.54) is 5.56 Å². The molecule has 1 aliphatic rings. The van der Waals surface area contributed by atoms with Crippen molar-refractivity contribution < 1.29 is 4.74 Å². The van der Waals surface area contributed by atoms with Crippen LogP contribution in [0.25, 0.3) is 0 Å². The van der Waals surface area contributed by atoms with Crippen molar-refractivity contribution in [2.45, 2.75) is 26.3 Å². The Hall–Kier alpha value is -0.480. The van der Waals surface area contributed by atoms with Gasteiger partial charge >= 0.3 is 0 Å². The van der Waals surface area contributed by atoms with Crippen molar-refractivity contribution >= 4 is 24.8 Å². The van der Waals surface area contributed by atoms with Crippen molar-refractivity contribution in [2.24, 2.45) is 0 Å². The van der Waals surface area contributed by atoms with Gasteiger partial charge in [-0.25, -0.2) is 0 Å². The zero-order valence-corrected chi connectivity index (χ0v) is 13.9. The van der Waals surface area contributed by atoms with Crippen LogP contribution in [0.3, 0.4) is 0 Å². The predicted molar refractivity (Wildman–Crippen MR) is 89.6 cm³/mol. The number of hydrogen-bond donors (Lipinski definition) is 1. The third-order valence-electron chi connectivity index (χ3n) is 3.55. The molecule has 1 aromatic rings. The van der Waals surface area contributed by atoms with Crippen molar-refractivity contribution in [1.82, 2.24) is 10.2 Å². The Kier molecular flexibility index (Phi) is 10.0. The summed E-state index contributed by atoms with van der Waals surface area (Å²) < 4.78 is 5.50. The Morgan fingerprint density at radius 3 is 2.20 bits per heavy atom. The molecule has 5 heteroatoms. The van der Waals surface area contributed by atoms with Crippen molar-refractivity contribution in [1.29, 1.82) is 0 Å². The highest BCUT2D eigenvalue weighted by Gasteiger charge is 2.20. The summed E-state index contributed by atoms with van der Waals surface area (Å²) in [6.45, 7) is 9.51. The molecule has 0 bridgehead atoms. The fraction of sp³-hybridized carbons (Fsp3) is 0.600. The number of piperazine rings is 1. The van der Waals surface area contributed by atoms with Crippen molar-refractivity contribution in [3.05, 3.63) is 29.8 Å². The summed E-state index contributed by atoms with van der Waals surface area (Å²) >= 11 is 0. The van der Waals surface area contributed by atoms with E-state index in [9.17, 15) is 0 Å².